The van der Waals surface area contributed by atoms with E-state index in [0.29, 0.717) is 19.8 Å². The molecule has 150 valence electrons. The standard InChI is InChI=1S/C18H37N3O3.HI/c1-3-5-11-22-14-15-23-13-10-21-18(19-4-2)20-9-6-12-24-16-17-7-8-17;/h17H,3-16H2,1-2H3,(H2,19,20,21);1H. The molecule has 2 N–H and O–H groups in total. The van der Waals surface area contributed by atoms with Gasteiger partial charge in [0, 0.05) is 39.5 Å². The normalized spacial score (nSPS) is 14.2. The molecule has 0 bridgehead atoms. The lowest BCUT2D eigenvalue weighted by Gasteiger charge is -2.11. The van der Waals surface area contributed by atoms with E-state index in [1.54, 1.807) is 0 Å². The highest BCUT2D eigenvalue weighted by atomic mass is 127. The van der Waals surface area contributed by atoms with Gasteiger partial charge < -0.3 is 24.8 Å². The van der Waals surface area contributed by atoms with Crippen LogP contribution in [0.15, 0.2) is 4.99 Å². The van der Waals surface area contributed by atoms with E-state index in [9.17, 15) is 0 Å². The molecule has 0 radical (unpaired) electrons. The Hall–Kier alpha value is -0.120. The van der Waals surface area contributed by atoms with Gasteiger partial charge >= 0.3 is 0 Å². The smallest absolute Gasteiger partial charge is 0.191 e. The number of hydrogen-bond acceptors (Lipinski definition) is 4. The summed E-state index contributed by atoms with van der Waals surface area (Å²) >= 11 is 0. The Balaban J connectivity index is 0.00000576. The molecule has 0 aromatic heterocycles. The molecule has 1 rings (SSSR count). The first-order valence-electron chi connectivity index (χ1n) is 9.62. The van der Waals surface area contributed by atoms with Gasteiger partial charge in [0.15, 0.2) is 5.96 Å². The van der Waals surface area contributed by atoms with Crippen LogP contribution in [-0.4, -0.2) is 65.2 Å². The first-order valence-corrected chi connectivity index (χ1v) is 9.62. The van der Waals surface area contributed by atoms with E-state index < -0.39 is 0 Å². The summed E-state index contributed by atoms with van der Waals surface area (Å²) in [5, 5.41) is 6.53. The molecule has 6 nitrogen and oxygen atoms in total. The number of aliphatic imine (C=N–C) groups is 1. The number of halogens is 1. The van der Waals surface area contributed by atoms with E-state index in [0.717, 1.165) is 64.2 Å². The molecule has 0 heterocycles. The van der Waals surface area contributed by atoms with Crippen molar-refractivity contribution in [1.29, 1.82) is 0 Å². The van der Waals surface area contributed by atoms with Crippen molar-refractivity contribution >= 4 is 29.9 Å². The maximum absolute atomic E-state index is 5.62. The minimum absolute atomic E-state index is 0. The maximum Gasteiger partial charge on any atom is 0.191 e. The Kier molecular flexibility index (Phi) is 18.6. The van der Waals surface area contributed by atoms with Crippen LogP contribution in [0.2, 0.25) is 0 Å². The molecule has 0 aromatic carbocycles. The Morgan fingerprint density at radius 3 is 2.32 bits per heavy atom. The fourth-order valence-electron chi connectivity index (χ4n) is 2.04. The molecule has 1 aliphatic rings. The van der Waals surface area contributed by atoms with Crippen LogP contribution in [0.3, 0.4) is 0 Å². The molecule has 1 saturated carbocycles. The average Bonchev–Trinajstić information content (AvgIpc) is 3.40. The molecule has 25 heavy (non-hydrogen) atoms. The van der Waals surface area contributed by atoms with Crippen LogP contribution in [0.1, 0.15) is 46.0 Å². The molecule has 0 aromatic rings. The fraction of sp³-hybridized carbons (Fsp3) is 0.944. The van der Waals surface area contributed by atoms with Crippen molar-refractivity contribution in [2.45, 2.75) is 46.0 Å². The van der Waals surface area contributed by atoms with Crippen molar-refractivity contribution in [3.05, 3.63) is 0 Å². The minimum Gasteiger partial charge on any atom is -0.381 e. The quantitative estimate of drug-likeness (QED) is 0.157. The van der Waals surface area contributed by atoms with E-state index >= 15 is 0 Å². The second kappa shape index (κ2) is 18.7. The largest absolute Gasteiger partial charge is 0.381 e. The molecule has 7 heteroatoms. The molecule has 1 fully saturated rings. The van der Waals surface area contributed by atoms with Crippen molar-refractivity contribution in [3.8, 4) is 0 Å². The first kappa shape index (κ1) is 24.9. The summed E-state index contributed by atoms with van der Waals surface area (Å²) in [5.41, 5.74) is 0. The van der Waals surface area contributed by atoms with Crippen molar-refractivity contribution in [2.75, 3.05) is 59.3 Å². The summed E-state index contributed by atoms with van der Waals surface area (Å²) in [5.74, 6) is 1.69. The Morgan fingerprint density at radius 2 is 1.64 bits per heavy atom. The van der Waals surface area contributed by atoms with Crippen molar-refractivity contribution in [3.63, 3.8) is 0 Å². The summed E-state index contributed by atoms with van der Waals surface area (Å²) in [6, 6.07) is 0. The monoisotopic (exact) mass is 471 g/mol. The Bertz CT molecular complexity index is 316. The number of rotatable bonds is 16. The van der Waals surface area contributed by atoms with E-state index in [1.807, 2.05) is 0 Å². The van der Waals surface area contributed by atoms with Gasteiger partial charge in [-0.3, -0.25) is 4.99 Å². The van der Waals surface area contributed by atoms with Gasteiger partial charge in [-0.1, -0.05) is 13.3 Å². The first-order chi connectivity index (χ1) is 11.9. The lowest BCUT2D eigenvalue weighted by atomic mass is 10.4. The second-order valence-electron chi connectivity index (χ2n) is 6.14. The predicted molar refractivity (Wildman–Crippen MR) is 114 cm³/mol. The lowest BCUT2D eigenvalue weighted by Crippen LogP contribution is -2.39. The van der Waals surface area contributed by atoms with Gasteiger partial charge in [-0.15, -0.1) is 24.0 Å². The van der Waals surface area contributed by atoms with Gasteiger partial charge in [0.05, 0.1) is 19.8 Å². The molecule has 0 unspecified atom stereocenters. The molecule has 0 amide bonds. The predicted octanol–water partition coefficient (Wildman–Crippen LogP) is 2.81. The summed E-state index contributed by atoms with van der Waals surface area (Å²) in [4.78, 5) is 4.55. The summed E-state index contributed by atoms with van der Waals surface area (Å²) < 4.78 is 16.6. The molecule has 1 aliphatic carbocycles. The van der Waals surface area contributed by atoms with Crippen LogP contribution in [0.4, 0.5) is 0 Å². The third-order valence-corrected chi connectivity index (χ3v) is 3.66. The maximum atomic E-state index is 5.62. The zero-order valence-electron chi connectivity index (χ0n) is 16.1. The van der Waals surface area contributed by atoms with Gasteiger partial charge in [-0.25, -0.2) is 0 Å². The number of unbranched alkanes of at least 4 members (excludes halogenated alkanes) is 1. The highest BCUT2D eigenvalue weighted by molar-refractivity contribution is 14.0. The Labute approximate surface area is 170 Å². The van der Waals surface area contributed by atoms with Gasteiger partial charge in [0.2, 0.25) is 0 Å². The van der Waals surface area contributed by atoms with E-state index in [2.05, 4.69) is 29.5 Å². The highest BCUT2D eigenvalue weighted by Gasteiger charge is 2.20. The van der Waals surface area contributed by atoms with Crippen molar-refractivity contribution in [2.24, 2.45) is 10.9 Å². The number of hydrogen-bond donors (Lipinski definition) is 2. The van der Waals surface area contributed by atoms with E-state index in [1.165, 1.54) is 19.3 Å². The van der Waals surface area contributed by atoms with Crippen LogP contribution in [0, 0.1) is 5.92 Å². The van der Waals surface area contributed by atoms with Crippen LogP contribution in [-0.2, 0) is 14.2 Å². The molecular formula is C18H38IN3O3. The molecular weight excluding hydrogens is 433 g/mol. The fourth-order valence-corrected chi connectivity index (χ4v) is 2.04. The number of nitrogens with one attached hydrogen (secondary N) is 2. The van der Waals surface area contributed by atoms with Gasteiger partial charge in [0.25, 0.3) is 0 Å². The summed E-state index contributed by atoms with van der Waals surface area (Å²) in [6.45, 7) is 11.2. The van der Waals surface area contributed by atoms with E-state index in [4.69, 9.17) is 14.2 Å². The van der Waals surface area contributed by atoms with Crippen LogP contribution in [0.5, 0.6) is 0 Å². The van der Waals surface area contributed by atoms with Crippen LogP contribution < -0.4 is 10.6 Å². The summed E-state index contributed by atoms with van der Waals surface area (Å²) in [7, 11) is 0. The Morgan fingerprint density at radius 1 is 0.920 bits per heavy atom. The number of ether oxygens (including phenoxy) is 3. The van der Waals surface area contributed by atoms with Crippen LogP contribution >= 0.6 is 24.0 Å². The lowest BCUT2D eigenvalue weighted by molar-refractivity contribution is 0.0487. The third kappa shape index (κ3) is 17.1. The second-order valence-corrected chi connectivity index (χ2v) is 6.14. The van der Waals surface area contributed by atoms with Gasteiger partial charge in [0.1, 0.15) is 0 Å². The molecule has 0 atom stereocenters. The molecule has 0 spiro atoms. The number of guanidine groups is 1. The third-order valence-electron chi connectivity index (χ3n) is 3.66. The van der Waals surface area contributed by atoms with Gasteiger partial charge in [-0.2, -0.15) is 0 Å². The topological polar surface area (TPSA) is 64.1 Å². The summed E-state index contributed by atoms with van der Waals surface area (Å²) in [6.07, 6.45) is 5.95. The zero-order valence-corrected chi connectivity index (χ0v) is 18.4. The minimum atomic E-state index is 0. The zero-order chi connectivity index (χ0) is 17.3. The molecule has 0 saturated heterocycles. The van der Waals surface area contributed by atoms with E-state index in [-0.39, 0.29) is 24.0 Å². The highest BCUT2D eigenvalue weighted by Crippen LogP contribution is 2.28. The van der Waals surface area contributed by atoms with Crippen LogP contribution in [0.25, 0.3) is 0 Å². The van der Waals surface area contributed by atoms with Gasteiger partial charge in [-0.05, 0) is 38.5 Å². The molecule has 0 aliphatic heterocycles. The van der Waals surface area contributed by atoms with Crippen molar-refractivity contribution in [1.82, 2.24) is 10.6 Å². The SMILES string of the molecule is CCCCOCCOCCNC(=NCCCOCC1CC1)NCC.I. The average molecular weight is 471 g/mol. The van der Waals surface area contributed by atoms with Crippen molar-refractivity contribution < 1.29 is 14.2 Å². The number of nitrogens with zero attached hydrogens (tertiary/aromatic N) is 1.